The lowest BCUT2D eigenvalue weighted by atomic mass is 9.94. The van der Waals surface area contributed by atoms with Crippen LogP contribution in [0.3, 0.4) is 0 Å². The summed E-state index contributed by atoms with van der Waals surface area (Å²) < 4.78 is 0.742. The second-order valence-electron chi connectivity index (χ2n) is 5.13. The van der Waals surface area contributed by atoms with Gasteiger partial charge in [0.05, 0.1) is 0 Å². The largest absolute Gasteiger partial charge is 0.351 e. The zero-order chi connectivity index (χ0) is 13.7. The molecule has 19 heavy (non-hydrogen) atoms. The molecule has 1 aromatic heterocycles. The summed E-state index contributed by atoms with van der Waals surface area (Å²) in [6, 6.07) is 3.64. The van der Waals surface area contributed by atoms with E-state index in [2.05, 4.69) is 38.2 Å². The lowest BCUT2D eigenvalue weighted by molar-refractivity contribution is 0.0943. The highest BCUT2D eigenvalue weighted by molar-refractivity contribution is 9.10. The van der Waals surface area contributed by atoms with Gasteiger partial charge in [0.1, 0.15) is 5.69 Å². The molecular weight excluding hydrogens is 306 g/mol. The fraction of sp³-hybridized carbons (Fsp3) is 0.571. The van der Waals surface area contributed by atoms with Crippen LogP contribution in [0.5, 0.6) is 0 Å². The standard InChI is InChI=1S/C14H20BrN3O/c1-18-9-5-11(6-10-18)4-8-17-14(19)13-12(15)3-2-7-16-13/h2-3,7,11H,4-6,8-10H2,1H3,(H,17,19). The van der Waals surface area contributed by atoms with Gasteiger partial charge in [-0.2, -0.15) is 0 Å². The smallest absolute Gasteiger partial charge is 0.271 e. The van der Waals surface area contributed by atoms with Gasteiger partial charge in [0.25, 0.3) is 5.91 Å². The fourth-order valence-corrected chi connectivity index (χ4v) is 2.81. The molecule has 1 N–H and O–H groups in total. The molecule has 104 valence electrons. The highest BCUT2D eigenvalue weighted by Gasteiger charge is 2.17. The van der Waals surface area contributed by atoms with E-state index in [1.807, 2.05) is 6.07 Å². The Hall–Kier alpha value is -0.940. The zero-order valence-electron chi connectivity index (χ0n) is 11.2. The number of likely N-dealkylation sites (tertiary alicyclic amines) is 1. The van der Waals surface area contributed by atoms with Crippen molar-refractivity contribution in [1.82, 2.24) is 15.2 Å². The van der Waals surface area contributed by atoms with Crippen molar-refractivity contribution >= 4 is 21.8 Å². The molecule has 4 nitrogen and oxygen atoms in total. The van der Waals surface area contributed by atoms with Crippen LogP contribution in [0.25, 0.3) is 0 Å². The first-order valence-electron chi connectivity index (χ1n) is 6.74. The molecule has 0 bridgehead atoms. The molecule has 0 unspecified atom stereocenters. The molecule has 5 heteroatoms. The number of hydrogen-bond acceptors (Lipinski definition) is 3. The molecule has 1 amide bonds. The second kappa shape index (κ2) is 7.01. The summed E-state index contributed by atoms with van der Waals surface area (Å²) in [6.45, 7) is 3.07. The average Bonchev–Trinajstić information content (AvgIpc) is 2.41. The summed E-state index contributed by atoms with van der Waals surface area (Å²) in [5, 5.41) is 2.95. The molecule has 1 saturated heterocycles. The number of carbonyl (C=O) groups is 1. The van der Waals surface area contributed by atoms with Gasteiger partial charge in [-0.1, -0.05) is 0 Å². The molecule has 1 fully saturated rings. The average molecular weight is 326 g/mol. The van der Waals surface area contributed by atoms with Gasteiger partial charge in [-0.05, 0) is 73.4 Å². The number of nitrogens with one attached hydrogen (secondary N) is 1. The predicted molar refractivity (Wildman–Crippen MR) is 79.1 cm³/mol. The molecule has 0 aliphatic carbocycles. The van der Waals surface area contributed by atoms with Crippen molar-refractivity contribution in [3.8, 4) is 0 Å². The summed E-state index contributed by atoms with van der Waals surface area (Å²) >= 11 is 3.34. The maximum absolute atomic E-state index is 11.9. The topological polar surface area (TPSA) is 45.2 Å². The minimum Gasteiger partial charge on any atom is -0.351 e. The van der Waals surface area contributed by atoms with E-state index in [1.165, 1.54) is 25.9 Å². The van der Waals surface area contributed by atoms with Crippen LogP contribution in [0.4, 0.5) is 0 Å². The minimum atomic E-state index is -0.0968. The molecule has 0 spiro atoms. The van der Waals surface area contributed by atoms with Gasteiger partial charge in [-0.3, -0.25) is 4.79 Å². The molecular formula is C14H20BrN3O. The number of halogens is 1. The van der Waals surface area contributed by atoms with E-state index < -0.39 is 0 Å². The Morgan fingerprint density at radius 2 is 2.26 bits per heavy atom. The van der Waals surface area contributed by atoms with Gasteiger partial charge in [0.15, 0.2) is 0 Å². The van der Waals surface area contributed by atoms with Gasteiger partial charge in [0.2, 0.25) is 0 Å². The Morgan fingerprint density at radius 1 is 1.53 bits per heavy atom. The number of nitrogens with zero attached hydrogens (tertiary/aromatic N) is 2. The summed E-state index contributed by atoms with van der Waals surface area (Å²) in [7, 11) is 2.16. The third kappa shape index (κ3) is 4.28. The van der Waals surface area contributed by atoms with Crippen LogP contribution in [0.2, 0.25) is 0 Å². The van der Waals surface area contributed by atoms with Gasteiger partial charge >= 0.3 is 0 Å². The van der Waals surface area contributed by atoms with Gasteiger partial charge in [-0.25, -0.2) is 4.98 Å². The fourth-order valence-electron chi connectivity index (χ4n) is 2.38. The summed E-state index contributed by atoms with van der Waals surface area (Å²) in [5.74, 6) is 0.643. The Labute approximate surface area is 122 Å². The Kier molecular flexibility index (Phi) is 5.34. The summed E-state index contributed by atoms with van der Waals surface area (Å²) in [5.41, 5.74) is 0.464. The zero-order valence-corrected chi connectivity index (χ0v) is 12.8. The maximum Gasteiger partial charge on any atom is 0.271 e. The highest BCUT2D eigenvalue weighted by Crippen LogP contribution is 2.19. The van der Waals surface area contributed by atoms with Crippen molar-refractivity contribution in [2.75, 3.05) is 26.7 Å². The van der Waals surface area contributed by atoms with E-state index >= 15 is 0 Å². The van der Waals surface area contributed by atoms with Crippen LogP contribution < -0.4 is 5.32 Å². The van der Waals surface area contributed by atoms with E-state index in [4.69, 9.17) is 0 Å². The lowest BCUT2D eigenvalue weighted by Crippen LogP contribution is -2.33. The van der Waals surface area contributed by atoms with Crippen molar-refractivity contribution in [2.24, 2.45) is 5.92 Å². The molecule has 2 heterocycles. The van der Waals surface area contributed by atoms with E-state index in [1.54, 1.807) is 12.3 Å². The van der Waals surface area contributed by atoms with Crippen LogP contribution in [-0.4, -0.2) is 42.5 Å². The lowest BCUT2D eigenvalue weighted by Gasteiger charge is -2.28. The van der Waals surface area contributed by atoms with Crippen molar-refractivity contribution in [1.29, 1.82) is 0 Å². The molecule has 0 saturated carbocycles. The number of hydrogen-bond donors (Lipinski definition) is 1. The van der Waals surface area contributed by atoms with Crippen molar-refractivity contribution in [2.45, 2.75) is 19.3 Å². The SMILES string of the molecule is CN1CCC(CCNC(=O)c2ncccc2Br)CC1. The number of piperidine rings is 1. The first-order chi connectivity index (χ1) is 9.16. The Bertz CT molecular complexity index is 430. The molecule has 0 aromatic carbocycles. The molecule has 0 atom stereocenters. The first kappa shape index (κ1) is 14.5. The van der Waals surface area contributed by atoms with Crippen LogP contribution in [0, 0.1) is 5.92 Å². The second-order valence-corrected chi connectivity index (χ2v) is 5.98. The molecule has 1 aliphatic rings. The number of carbonyl (C=O) groups excluding carboxylic acids is 1. The van der Waals surface area contributed by atoms with Crippen molar-refractivity contribution in [3.63, 3.8) is 0 Å². The quantitative estimate of drug-likeness (QED) is 0.923. The van der Waals surface area contributed by atoms with Gasteiger partial charge in [0, 0.05) is 17.2 Å². The molecule has 1 aliphatic heterocycles. The molecule has 1 aromatic rings. The predicted octanol–water partition coefficient (Wildman–Crippen LogP) is 2.31. The van der Waals surface area contributed by atoms with Crippen molar-refractivity contribution < 1.29 is 4.79 Å². The highest BCUT2D eigenvalue weighted by atomic mass is 79.9. The van der Waals surface area contributed by atoms with Crippen LogP contribution in [0.15, 0.2) is 22.8 Å². The van der Waals surface area contributed by atoms with Crippen LogP contribution in [-0.2, 0) is 0 Å². The van der Waals surface area contributed by atoms with Gasteiger partial charge in [-0.15, -0.1) is 0 Å². The van der Waals surface area contributed by atoms with Crippen LogP contribution in [0.1, 0.15) is 29.8 Å². The van der Waals surface area contributed by atoms with Gasteiger partial charge < -0.3 is 10.2 Å². The molecule has 2 rings (SSSR count). The Balaban J connectivity index is 1.74. The number of rotatable bonds is 4. The van der Waals surface area contributed by atoms with E-state index in [9.17, 15) is 4.79 Å². The first-order valence-corrected chi connectivity index (χ1v) is 7.53. The van der Waals surface area contributed by atoms with Crippen molar-refractivity contribution in [3.05, 3.63) is 28.5 Å². The minimum absolute atomic E-state index is 0.0968. The number of amides is 1. The van der Waals surface area contributed by atoms with E-state index in [0.29, 0.717) is 5.69 Å². The monoisotopic (exact) mass is 325 g/mol. The Morgan fingerprint density at radius 3 is 2.95 bits per heavy atom. The third-order valence-electron chi connectivity index (χ3n) is 3.65. The number of aromatic nitrogens is 1. The third-order valence-corrected chi connectivity index (χ3v) is 4.29. The maximum atomic E-state index is 11.9. The van der Waals surface area contributed by atoms with E-state index in [0.717, 1.165) is 23.4 Å². The summed E-state index contributed by atoms with van der Waals surface area (Å²) in [4.78, 5) is 18.4. The summed E-state index contributed by atoms with van der Waals surface area (Å²) in [6.07, 6.45) is 5.17. The molecule has 0 radical (unpaired) electrons. The van der Waals surface area contributed by atoms with E-state index in [-0.39, 0.29) is 5.91 Å². The number of pyridine rings is 1. The normalized spacial score (nSPS) is 17.4. The van der Waals surface area contributed by atoms with Crippen LogP contribution >= 0.6 is 15.9 Å².